The van der Waals surface area contributed by atoms with E-state index in [4.69, 9.17) is 9.47 Å². The zero-order valence-corrected chi connectivity index (χ0v) is 21.6. The third kappa shape index (κ3) is 5.74. The summed E-state index contributed by atoms with van der Waals surface area (Å²) in [5.74, 6) is 0.807. The van der Waals surface area contributed by atoms with Gasteiger partial charge in [-0.15, -0.1) is 0 Å². The van der Waals surface area contributed by atoms with Crippen LogP contribution >= 0.6 is 0 Å². The first kappa shape index (κ1) is 27.0. The Labute approximate surface area is 218 Å². The van der Waals surface area contributed by atoms with Gasteiger partial charge in [-0.1, -0.05) is 44.2 Å². The van der Waals surface area contributed by atoms with Crippen molar-refractivity contribution in [3.05, 3.63) is 77.1 Å². The third-order valence-electron chi connectivity index (χ3n) is 5.94. The smallest absolute Gasteiger partial charge is 0.433 e. The molecule has 1 amide bonds. The van der Waals surface area contributed by atoms with Crippen LogP contribution in [-0.4, -0.2) is 33.7 Å². The largest absolute Gasteiger partial charge is 0.490 e. The van der Waals surface area contributed by atoms with Crippen LogP contribution in [0.1, 0.15) is 60.8 Å². The summed E-state index contributed by atoms with van der Waals surface area (Å²) in [6.07, 6.45) is -3.60. The van der Waals surface area contributed by atoms with Crippen molar-refractivity contribution >= 4 is 11.6 Å². The third-order valence-corrected chi connectivity index (χ3v) is 5.94. The molecular formula is C28H29F3N4O3. The predicted octanol–water partition coefficient (Wildman–Crippen LogP) is 6.27. The summed E-state index contributed by atoms with van der Waals surface area (Å²) in [5.41, 5.74) is 1.13. The molecule has 0 saturated carbocycles. The number of hydrogen-bond acceptors (Lipinski definition) is 5. The van der Waals surface area contributed by atoms with Crippen LogP contribution in [0.25, 0.3) is 16.9 Å². The molecule has 0 fully saturated rings. The SMILES string of the molecule is CCOc1ccc(CNC(=O)c2cnn3c(C(F)(F)F)cc(-c4ccc(C(C)C)cc4)nc23)cc1OCC. The molecule has 0 aliphatic rings. The Balaban J connectivity index is 1.66. The highest BCUT2D eigenvalue weighted by Crippen LogP contribution is 2.33. The number of amides is 1. The fraction of sp³-hybridized carbons (Fsp3) is 0.321. The molecule has 0 unspecified atom stereocenters. The molecule has 7 nitrogen and oxygen atoms in total. The van der Waals surface area contributed by atoms with Crippen LogP contribution in [0.15, 0.2) is 54.7 Å². The number of alkyl halides is 3. The van der Waals surface area contributed by atoms with Gasteiger partial charge in [-0.3, -0.25) is 4.79 Å². The Morgan fingerprint density at radius 2 is 1.68 bits per heavy atom. The van der Waals surface area contributed by atoms with E-state index in [1.54, 1.807) is 30.3 Å². The van der Waals surface area contributed by atoms with Crippen LogP contribution in [0.3, 0.4) is 0 Å². The van der Waals surface area contributed by atoms with Crippen molar-refractivity contribution in [1.29, 1.82) is 0 Å². The highest BCUT2D eigenvalue weighted by Gasteiger charge is 2.36. The first-order chi connectivity index (χ1) is 18.1. The molecule has 2 aromatic carbocycles. The molecule has 38 heavy (non-hydrogen) atoms. The molecular weight excluding hydrogens is 497 g/mol. The van der Waals surface area contributed by atoms with Crippen molar-refractivity contribution in [2.75, 3.05) is 13.2 Å². The molecule has 2 aromatic heterocycles. The molecule has 0 aliphatic heterocycles. The topological polar surface area (TPSA) is 77.8 Å². The number of hydrogen-bond donors (Lipinski definition) is 1. The number of carbonyl (C=O) groups is 1. The predicted molar refractivity (Wildman–Crippen MR) is 137 cm³/mol. The van der Waals surface area contributed by atoms with Crippen LogP contribution in [0.4, 0.5) is 13.2 Å². The maximum atomic E-state index is 13.9. The number of fused-ring (bicyclic) bond motifs is 1. The highest BCUT2D eigenvalue weighted by molar-refractivity contribution is 5.99. The standard InChI is InChI=1S/C28H29F3N4O3/c1-5-37-23-12-7-18(13-24(23)38-6-2)15-32-27(36)21-16-33-35-25(28(29,30)31)14-22(34-26(21)35)20-10-8-19(9-11-20)17(3)4/h7-14,16-17H,5-6,15H2,1-4H3,(H,32,36). The number of carbonyl (C=O) groups excluding carboxylic acids is 1. The number of halogens is 3. The maximum absolute atomic E-state index is 13.9. The summed E-state index contributed by atoms with van der Waals surface area (Å²) in [5, 5.41) is 6.58. The van der Waals surface area contributed by atoms with Gasteiger partial charge in [0.05, 0.1) is 25.1 Å². The van der Waals surface area contributed by atoms with Gasteiger partial charge in [-0.2, -0.15) is 18.3 Å². The van der Waals surface area contributed by atoms with Crippen molar-refractivity contribution in [3.63, 3.8) is 0 Å². The molecule has 2 heterocycles. The average molecular weight is 527 g/mol. The van der Waals surface area contributed by atoms with Gasteiger partial charge >= 0.3 is 6.18 Å². The van der Waals surface area contributed by atoms with E-state index >= 15 is 0 Å². The molecule has 0 spiro atoms. The van der Waals surface area contributed by atoms with Gasteiger partial charge in [0, 0.05) is 12.1 Å². The van der Waals surface area contributed by atoms with Gasteiger partial charge in [0.25, 0.3) is 5.91 Å². The van der Waals surface area contributed by atoms with Crippen molar-refractivity contribution in [2.24, 2.45) is 0 Å². The lowest BCUT2D eigenvalue weighted by molar-refractivity contribution is -0.142. The molecule has 0 bridgehead atoms. The van der Waals surface area contributed by atoms with Gasteiger partial charge < -0.3 is 14.8 Å². The Hall–Kier alpha value is -4.08. The average Bonchev–Trinajstić information content (AvgIpc) is 3.32. The van der Waals surface area contributed by atoms with E-state index < -0.39 is 17.8 Å². The van der Waals surface area contributed by atoms with Gasteiger partial charge in [0.15, 0.2) is 22.8 Å². The number of nitrogens with zero attached hydrogens (tertiary/aromatic N) is 3. The summed E-state index contributed by atoms with van der Waals surface area (Å²) in [4.78, 5) is 17.5. The summed E-state index contributed by atoms with van der Waals surface area (Å²) in [7, 11) is 0. The fourth-order valence-electron chi connectivity index (χ4n) is 3.99. The van der Waals surface area contributed by atoms with Crippen molar-refractivity contribution in [2.45, 2.75) is 46.3 Å². The maximum Gasteiger partial charge on any atom is 0.433 e. The Kier molecular flexibility index (Phi) is 7.89. The lowest BCUT2D eigenvalue weighted by atomic mass is 10.0. The number of ether oxygens (including phenoxy) is 2. The first-order valence-electron chi connectivity index (χ1n) is 12.3. The zero-order valence-electron chi connectivity index (χ0n) is 21.6. The second kappa shape index (κ2) is 11.1. The minimum Gasteiger partial charge on any atom is -0.490 e. The van der Waals surface area contributed by atoms with Crippen LogP contribution in [0.5, 0.6) is 11.5 Å². The van der Waals surface area contributed by atoms with Gasteiger partial charge in [0.1, 0.15) is 5.56 Å². The number of benzene rings is 2. The molecule has 4 rings (SSSR count). The first-order valence-corrected chi connectivity index (χ1v) is 12.3. The highest BCUT2D eigenvalue weighted by atomic mass is 19.4. The van der Waals surface area contributed by atoms with Crippen molar-refractivity contribution in [3.8, 4) is 22.8 Å². The summed E-state index contributed by atoms with van der Waals surface area (Å²) < 4.78 is 53.7. The lowest BCUT2D eigenvalue weighted by Gasteiger charge is -2.13. The molecule has 0 aliphatic carbocycles. The van der Waals surface area contributed by atoms with Gasteiger partial charge in [-0.05, 0) is 49.1 Å². The van der Waals surface area contributed by atoms with Crippen LogP contribution in [0.2, 0.25) is 0 Å². The molecule has 1 N–H and O–H groups in total. The fourth-order valence-corrected chi connectivity index (χ4v) is 3.99. The second-order valence-corrected chi connectivity index (χ2v) is 8.92. The molecule has 0 saturated heterocycles. The summed E-state index contributed by atoms with van der Waals surface area (Å²) >= 11 is 0. The van der Waals surface area contributed by atoms with E-state index in [0.717, 1.165) is 23.4 Å². The molecule has 10 heteroatoms. The zero-order chi connectivity index (χ0) is 27.4. The van der Waals surface area contributed by atoms with Crippen molar-refractivity contribution < 1.29 is 27.4 Å². The van der Waals surface area contributed by atoms with E-state index in [-0.39, 0.29) is 29.4 Å². The second-order valence-electron chi connectivity index (χ2n) is 8.92. The van der Waals surface area contributed by atoms with E-state index in [9.17, 15) is 18.0 Å². The molecule has 0 atom stereocenters. The van der Waals surface area contributed by atoms with E-state index in [1.807, 2.05) is 39.8 Å². The quantitative estimate of drug-likeness (QED) is 0.278. The van der Waals surface area contributed by atoms with Crippen molar-refractivity contribution in [1.82, 2.24) is 19.9 Å². The molecule has 200 valence electrons. The number of rotatable bonds is 9. The minimum absolute atomic E-state index is 0.0629. The summed E-state index contributed by atoms with van der Waals surface area (Å²) in [6, 6.07) is 13.4. The van der Waals surface area contributed by atoms with Crippen LogP contribution in [0, 0.1) is 0 Å². The monoisotopic (exact) mass is 526 g/mol. The summed E-state index contributed by atoms with van der Waals surface area (Å²) in [6.45, 7) is 8.81. The minimum atomic E-state index is -4.70. The van der Waals surface area contributed by atoms with E-state index in [0.29, 0.717) is 34.8 Å². The van der Waals surface area contributed by atoms with Crippen LogP contribution in [-0.2, 0) is 12.7 Å². The van der Waals surface area contributed by atoms with Gasteiger partial charge in [0.2, 0.25) is 0 Å². The molecule has 4 aromatic rings. The Morgan fingerprint density at radius 1 is 1.00 bits per heavy atom. The van der Waals surface area contributed by atoms with E-state index in [1.165, 1.54) is 0 Å². The molecule has 0 radical (unpaired) electrons. The van der Waals surface area contributed by atoms with Crippen LogP contribution < -0.4 is 14.8 Å². The Morgan fingerprint density at radius 3 is 2.32 bits per heavy atom. The van der Waals surface area contributed by atoms with E-state index in [2.05, 4.69) is 15.4 Å². The lowest BCUT2D eigenvalue weighted by Crippen LogP contribution is -2.23. The number of nitrogens with one attached hydrogen (secondary N) is 1. The van der Waals surface area contributed by atoms with Gasteiger partial charge in [-0.25, -0.2) is 9.50 Å². The Bertz CT molecular complexity index is 1430. The number of aromatic nitrogens is 3. The normalized spacial score (nSPS) is 11.7.